The largest absolute Gasteiger partial charge is 0.372 e. The molecule has 0 radical (unpaired) electrons. The van der Waals surface area contributed by atoms with Gasteiger partial charge in [-0.3, -0.25) is 0 Å². The summed E-state index contributed by atoms with van der Waals surface area (Å²) in [6.07, 6.45) is 5.42. The summed E-state index contributed by atoms with van der Waals surface area (Å²) in [6.45, 7) is 6.88. The van der Waals surface area contributed by atoms with Crippen LogP contribution in [-0.2, 0) is 6.42 Å². The molecule has 2 aromatic carbocycles. The number of hydrogen-bond donors (Lipinski definition) is 1. The van der Waals surface area contributed by atoms with E-state index in [0.717, 1.165) is 42.9 Å². The van der Waals surface area contributed by atoms with Crippen molar-refractivity contribution in [3.63, 3.8) is 0 Å². The van der Waals surface area contributed by atoms with E-state index in [0.29, 0.717) is 6.04 Å². The van der Waals surface area contributed by atoms with E-state index in [2.05, 4.69) is 82.5 Å². The van der Waals surface area contributed by atoms with Gasteiger partial charge >= 0.3 is 0 Å². The molecule has 0 bridgehead atoms. The number of anilines is 5. The molecule has 5 heteroatoms. The Hall–Kier alpha value is -3.08. The molecule has 3 heterocycles. The fourth-order valence-electron chi connectivity index (χ4n) is 4.57. The summed E-state index contributed by atoms with van der Waals surface area (Å²) in [7, 11) is 0. The molecule has 154 valence electrons. The molecule has 1 saturated heterocycles. The van der Waals surface area contributed by atoms with E-state index in [1.807, 2.05) is 12.3 Å². The molecule has 0 amide bonds. The molecule has 1 unspecified atom stereocenters. The van der Waals surface area contributed by atoms with Gasteiger partial charge in [0.25, 0.3) is 0 Å². The predicted molar refractivity (Wildman–Crippen MR) is 124 cm³/mol. The summed E-state index contributed by atoms with van der Waals surface area (Å²) in [6, 6.07) is 19.5. The summed E-state index contributed by atoms with van der Waals surface area (Å²) in [5.74, 6) is 2.41. The molecule has 30 heavy (non-hydrogen) atoms. The summed E-state index contributed by atoms with van der Waals surface area (Å²) >= 11 is 0. The van der Waals surface area contributed by atoms with Crippen LogP contribution in [0.15, 0.2) is 60.8 Å². The highest BCUT2D eigenvalue weighted by Crippen LogP contribution is 2.36. The van der Waals surface area contributed by atoms with Crippen LogP contribution in [0, 0.1) is 5.92 Å². The van der Waals surface area contributed by atoms with Crippen molar-refractivity contribution in [2.75, 3.05) is 28.2 Å². The van der Waals surface area contributed by atoms with Crippen LogP contribution in [-0.4, -0.2) is 29.1 Å². The van der Waals surface area contributed by atoms with E-state index < -0.39 is 0 Å². The number of fused-ring (bicyclic) bond motifs is 1. The van der Waals surface area contributed by atoms with Gasteiger partial charge in [-0.1, -0.05) is 25.1 Å². The maximum absolute atomic E-state index is 4.81. The van der Waals surface area contributed by atoms with Crippen LogP contribution in [0.4, 0.5) is 28.8 Å². The van der Waals surface area contributed by atoms with Gasteiger partial charge in [-0.05, 0) is 74.1 Å². The minimum absolute atomic E-state index is 0.351. The fourth-order valence-corrected chi connectivity index (χ4v) is 4.57. The number of rotatable bonds is 4. The van der Waals surface area contributed by atoms with Gasteiger partial charge in [0.2, 0.25) is 5.95 Å². The number of piperidine rings is 1. The van der Waals surface area contributed by atoms with Gasteiger partial charge in [-0.2, -0.15) is 4.98 Å². The van der Waals surface area contributed by atoms with Crippen LogP contribution in [0.5, 0.6) is 0 Å². The van der Waals surface area contributed by atoms with Gasteiger partial charge in [0.05, 0.1) is 0 Å². The Labute approximate surface area is 178 Å². The van der Waals surface area contributed by atoms with Gasteiger partial charge in [-0.25, -0.2) is 4.98 Å². The minimum Gasteiger partial charge on any atom is -0.372 e. The number of para-hydroxylation sites is 1. The first-order valence-electron chi connectivity index (χ1n) is 11.0. The smallest absolute Gasteiger partial charge is 0.232 e. The second-order valence-electron chi connectivity index (χ2n) is 8.64. The standard InChI is InChI=1S/C25H29N5/c1-18-12-15-29(16-13-18)22-9-7-21(8-10-22)27-24-11-14-26-25(28-24)30-19(2)17-20-5-3-4-6-23(20)30/h3-11,14,18-19H,12-13,15-17H2,1-2H3,(H,26,27,28). The zero-order valence-electron chi connectivity index (χ0n) is 17.8. The van der Waals surface area contributed by atoms with Crippen LogP contribution in [0.3, 0.4) is 0 Å². The monoisotopic (exact) mass is 399 g/mol. The molecule has 3 aromatic rings. The lowest BCUT2D eigenvalue weighted by Crippen LogP contribution is -2.32. The maximum Gasteiger partial charge on any atom is 0.232 e. The highest BCUT2D eigenvalue weighted by molar-refractivity contribution is 5.68. The van der Waals surface area contributed by atoms with E-state index in [1.165, 1.54) is 29.8 Å². The molecule has 5 nitrogen and oxygen atoms in total. The van der Waals surface area contributed by atoms with Crippen molar-refractivity contribution in [3.8, 4) is 0 Å². The molecule has 1 aromatic heterocycles. The van der Waals surface area contributed by atoms with Gasteiger partial charge in [0.15, 0.2) is 0 Å². The van der Waals surface area contributed by atoms with Crippen LogP contribution >= 0.6 is 0 Å². The summed E-state index contributed by atoms with van der Waals surface area (Å²) in [4.78, 5) is 14.1. The highest BCUT2D eigenvalue weighted by atomic mass is 15.3. The molecule has 2 aliphatic rings. The zero-order chi connectivity index (χ0) is 20.5. The van der Waals surface area contributed by atoms with Crippen LogP contribution in [0.1, 0.15) is 32.3 Å². The lowest BCUT2D eigenvalue weighted by atomic mass is 9.99. The average molecular weight is 400 g/mol. The lowest BCUT2D eigenvalue weighted by molar-refractivity contribution is 0.438. The Balaban J connectivity index is 1.32. The average Bonchev–Trinajstić information content (AvgIpc) is 3.11. The third-order valence-electron chi connectivity index (χ3n) is 6.35. The van der Waals surface area contributed by atoms with Gasteiger partial charge < -0.3 is 15.1 Å². The molecule has 0 aliphatic carbocycles. The van der Waals surface area contributed by atoms with Gasteiger partial charge in [0, 0.05) is 42.4 Å². The Bertz CT molecular complexity index is 1010. The quantitative estimate of drug-likeness (QED) is 0.624. The molecular formula is C25H29N5. The number of nitrogens with zero attached hydrogens (tertiary/aromatic N) is 4. The molecule has 5 rings (SSSR count). The third-order valence-corrected chi connectivity index (χ3v) is 6.35. The van der Waals surface area contributed by atoms with E-state index in [-0.39, 0.29) is 0 Å². The second-order valence-corrected chi connectivity index (χ2v) is 8.64. The molecule has 1 N–H and O–H groups in total. The number of aromatic nitrogens is 2. The highest BCUT2D eigenvalue weighted by Gasteiger charge is 2.28. The Kier molecular flexibility index (Phi) is 5.03. The second kappa shape index (κ2) is 7.98. The van der Waals surface area contributed by atoms with Crippen LogP contribution in [0.2, 0.25) is 0 Å². The van der Waals surface area contributed by atoms with Crippen molar-refractivity contribution in [2.45, 2.75) is 39.2 Å². The fraction of sp³-hybridized carbons (Fsp3) is 0.360. The molecule has 0 saturated carbocycles. The van der Waals surface area contributed by atoms with E-state index >= 15 is 0 Å². The summed E-state index contributed by atoms with van der Waals surface area (Å²) < 4.78 is 0. The first-order chi connectivity index (χ1) is 14.7. The maximum atomic E-state index is 4.81. The molecule has 2 aliphatic heterocycles. The molecular weight excluding hydrogens is 370 g/mol. The normalized spacial score (nSPS) is 19.1. The van der Waals surface area contributed by atoms with Crippen molar-refractivity contribution in [1.82, 2.24) is 9.97 Å². The van der Waals surface area contributed by atoms with Crippen molar-refractivity contribution in [2.24, 2.45) is 5.92 Å². The van der Waals surface area contributed by atoms with Crippen LogP contribution < -0.4 is 15.1 Å². The number of hydrogen-bond acceptors (Lipinski definition) is 5. The number of benzene rings is 2. The summed E-state index contributed by atoms with van der Waals surface area (Å²) in [5, 5.41) is 3.45. The van der Waals surface area contributed by atoms with E-state index in [1.54, 1.807) is 0 Å². The molecule has 1 fully saturated rings. The van der Waals surface area contributed by atoms with Gasteiger partial charge in [0.1, 0.15) is 5.82 Å². The van der Waals surface area contributed by atoms with E-state index in [4.69, 9.17) is 4.98 Å². The first kappa shape index (κ1) is 18.9. The van der Waals surface area contributed by atoms with Crippen molar-refractivity contribution in [3.05, 3.63) is 66.4 Å². The van der Waals surface area contributed by atoms with Crippen molar-refractivity contribution in [1.29, 1.82) is 0 Å². The van der Waals surface area contributed by atoms with E-state index in [9.17, 15) is 0 Å². The summed E-state index contributed by atoms with van der Waals surface area (Å²) in [5.41, 5.74) is 4.92. The predicted octanol–water partition coefficient (Wildman–Crippen LogP) is 5.54. The Morgan fingerprint density at radius 3 is 2.50 bits per heavy atom. The first-order valence-corrected chi connectivity index (χ1v) is 11.0. The zero-order valence-corrected chi connectivity index (χ0v) is 17.8. The Morgan fingerprint density at radius 2 is 1.70 bits per heavy atom. The lowest BCUT2D eigenvalue weighted by Gasteiger charge is -2.32. The molecule has 1 atom stereocenters. The molecule has 0 spiro atoms. The SMILES string of the molecule is CC1CCN(c2ccc(Nc3ccnc(N4c5ccccc5CC4C)n3)cc2)CC1. The minimum atomic E-state index is 0.351. The van der Waals surface area contributed by atoms with Crippen molar-refractivity contribution >= 4 is 28.8 Å². The third kappa shape index (κ3) is 3.72. The topological polar surface area (TPSA) is 44.3 Å². The van der Waals surface area contributed by atoms with Crippen molar-refractivity contribution < 1.29 is 0 Å². The van der Waals surface area contributed by atoms with Gasteiger partial charge in [-0.15, -0.1) is 0 Å². The van der Waals surface area contributed by atoms with Crippen LogP contribution in [0.25, 0.3) is 0 Å². The Morgan fingerprint density at radius 1 is 0.933 bits per heavy atom. The number of nitrogens with one attached hydrogen (secondary N) is 1.